The Morgan fingerprint density at radius 2 is 1.79 bits per heavy atom. The van der Waals surface area contributed by atoms with Crippen molar-refractivity contribution in [2.24, 2.45) is 0 Å². The van der Waals surface area contributed by atoms with Crippen molar-refractivity contribution in [2.75, 3.05) is 0 Å². The summed E-state index contributed by atoms with van der Waals surface area (Å²) in [6.45, 7) is 3.81. The van der Waals surface area contributed by atoms with Crippen LogP contribution in [0.3, 0.4) is 0 Å². The van der Waals surface area contributed by atoms with E-state index < -0.39 is 0 Å². The average molecular weight is 190 g/mol. The van der Waals surface area contributed by atoms with Gasteiger partial charge >= 0.3 is 0 Å². The van der Waals surface area contributed by atoms with Gasteiger partial charge in [-0.1, -0.05) is 44.0 Å². The molecule has 0 radical (unpaired) electrons. The lowest BCUT2D eigenvalue weighted by molar-refractivity contribution is 0.101. The molecule has 0 bridgehead atoms. The van der Waals surface area contributed by atoms with Crippen LogP contribution in [0, 0.1) is 0 Å². The quantitative estimate of drug-likeness (QED) is 0.512. The molecule has 0 heterocycles. The Labute approximate surface area is 86.1 Å². The van der Waals surface area contributed by atoms with E-state index in [1.54, 1.807) is 6.92 Å². The Morgan fingerprint density at radius 1 is 1.14 bits per heavy atom. The van der Waals surface area contributed by atoms with Crippen LogP contribution in [-0.4, -0.2) is 5.78 Å². The van der Waals surface area contributed by atoms with E-state index in [0.29, 0.717) is 0 Å². The van der Waals surface area contributed by atoms with Crippen molar-refractivity contribution in [2.45, 2.75) is 39.5 Å². The maximum Gasteiger partial charge on any atom is 0.159 e. The molecule has 1 aromatic rings. The van der Waals surface area contributed by atoms with E-state index in [2.05, 4.69) is 19.1 Å². The number of rotatable bonds is 5. The van der Waals surface area contributed by atoms with E-state index in [1.165, 1.54) is 24.8 Å². The highest BCUT2D eigenvalue weighted by atomic mass is 16.1. The number of benzene rings is 1. The lowest BCUT2D eigenvalue weighted by atomic mass is 10.0. The van der Waals surface area contributed by atoms with Crippen LogP contribution in [0.5, 0.6) is 0 Å². The molecule has 0 aliphatic carbocycles. The Kier molecular flexibility index (Phi) is 4.37. The van der Waals surface area contributed by atoms with E-state index in [1.807, 2.05) is 12.1 Å². The zero-order valence-corrected chi connectivity index (χ0v) is 9.05. The van der Waals surface area contributed by atoms with Gasteiger partial charge in [-0.15, -0.1) is 0 Å². The maximum absolute atomic E-state index is 11.0. The minimum Gasteiger partial charge on any atom is -0.295 e. The number of unbranched alkanes of at least 4 members (excludes halogenated alkanes) is 2. The average Bonchev–Trinajstić information content (AvgIpc) is 2.19. The minimum absolute atomic E-state index is 0.144. The first-order valence-electron chi connectivity index (χ1n) is 5.34. The molecule has 1 heteroatoms. The van der Waals surface area contributed by atoms with Gasteiger partial charge in [0, 0.05) is 5.56 Å². The normalized spacial score (nSPS) is 10.1. The van der Waals surface area contributed by atoms with Crippen molar-refractivity contribution in [3.8, 4) is 0 Å². The SMILES string of the molecule is CCCCCc1ccc(C(C)=O)cc1. The van der Waals surface area contributed by atoms with Gasteiger partial charge in [0.1, 0.15) is 0 Å². The molecule has 0 saturated carbocycles. The summed E-state index contributed by atoms with van der Waals surface area (Å²) in [6.07, 6.45) is 4.92. The first-order valence-corrected chi connectivity index (χ1v) is 5.34. The third-order valence-electron chi connectivity index (χ3n) is 2.43. The van der Waals surface area contributed by atoms with Crippen LogP contribution in [0.1, 0.15) is 49.0 Å². The van der Waals surface area contributed by atoms with Crippen molar-refractivity contribution in [1.82, 2.24) is 0 Å². The molecule has 0 spiro atoms. The summed E-state index contributed by atoms with van der Waals surface area (Å²) in [4.78, 5) is 11.0. The van der Waals surface area contributed by atoms with E-state index in [4.69, 9.17) is 0 Å². The van der Waals surface area contributed by atoms with Crippen molar-refractivity contribution in [3.05, 3.63) is 35.4 Å². The molecule has 0 N–H and O–H groups in total. The fourth-order valence-corrected chi connectivity index (χ4v) is 1.49. The molecular formula is C13H18O. The topological polar surface area (TPSA) is 17.1 Å². The summed E-state index contributed by atoms with van der Waals surface area (Å²) in [5, 5.41) is 0. The Morgan fingerprint density at radius 3 is 2.29 bits per heavy atom. The summed E-state index contributed by atoms with van der Waals surface area (Å²) < 4.78 is 0. The van der Waals surface area contributed by atoms with Crippen LogP contribution >= 0.6 is 0 Å². The van der Waals surface area contributed by atoms with E-state index in [0.717, 1.165) is 12.0 Å². The first-order chi connectivity index (χ1) is 6.74. The zero-order chi connectivity index (χ0) is 10.4. The van der Waals surface area contributed by atoms with Crippen LogP contribution in [0.2, 0.25) is 0 Å². The molecule has 0 atom stereocenters. The lowest BCUT2D eigenvalue weighted by Gasteiger charge is -2.01. The molecule has 1 nitrogen and oxygen atoms in total. The Balaban J connectivity index is 2.51. The lowest BCUT2D eigenvalue weighted by Crippen LogP contribution is -1.92. The van der Waals surface area contributed by atoms with Gasteiger partial charge in [0.25, 0.3) is 0 Å². The molecule has 0 amide bonds. The molecule has 0 fully saturated rings. The fourth-order valence-electron chi connectivity index (χ4n) is 1.49. The molecule has 0 saturated heterocycles. The molecule has 14 heavy (non-hydrogen) atoms. The molecule has 0 aromatic heterocycles. The van der Waals surface area contributed by atoms with Gasteiger partial charge in [-0.25, -0.2) is 0 Å². The number of hydrogen-bond acceptors (Lipinski definition) is 1. The molecule has 1 aromatic carbocycles. The van der Waals surface area contributed by atoms with Gasteiger partial charge < -0.3 is 0 Å². The van der Waals surface area contributed by atoms with Crippen molar-refractivity contribution < 1.29 is 4.79 Å². The van der Waals surface area contributed by atoms with Crippen LogP contribution in [0.4, 0.5) is 0 Å². The molecule has 1 rings (SSSR count). The smallest absolute Gasteiger partial charge is 0.159 e. The van der Waals surface area contributed by atoms with Gasteiger partial charge in [-0.3, -0.25) is 4.79 Å². The highest BCUT2D eigenvalue weighted by Crippen LogP contribution is 2.09. The summed E-state index contributed by atoms with van der Waals surface area (Å²) in [5.41, 5.74) is 2.15. The predicted molar refractivity (Wildman–Crippen MR) is 59.7 cm³/mol. The van der Waals surface area contributed by atoms with Gasteiger partial charge in [0.2, 0.25) is 0 Å². The predicted octanol–water partition coefficient (Wildman–Crippen LogP) is 3.62. The Hall–Kier alpha value is -1.11. The highest BCUT2D eigenvalue weighted by Gasteiger charge is 1.98. The Bertz CT molecular complexity index is 285. The number of hydrogen-bond donors (Lipinski definition) is 0. The summed E-state index contributed by atoms with van der Waals surface area (Å²) in [5.74, 6) is 0.144. The standard InChI is InChI=1S/C13H18O/c1-3-4-5-6-12-7-9-13(10-8-12)11(2)14/h7-10H,3-6H2,1-2H3. The number of Topliss-reactive ketones (excluding diaryl/α,β-unsaturated/α-hetero) is 1. The highest BCUT2D eigenvalue weighted by molar-refractivity contribution is 5.93. The summed E-state index contributed by atoms with van der Waals surface area (Å²) in [6, 6.07) is 7.96. The second-order valence-corrected chi connectivity index (χ2v) is 3.71. The van der Waals surface area contributed by atoms with E-state index >= 15 is 0 Å². The van der Waals surface area contributed by atoms with Crippen LogP contribution < -0.4 is 0 Å². The van der Waals surface area contributed by atoms with Gasteiger partial charge in [-0.05, 0) is 25.3 Å². The van der Waals surface area contributed by atoms with E-state index in [9.17, 15) is 4.79 Å². The number of aryl methyl sites for hydroxylation is 1. The second kappa shape index (κ2) is 5.58. The summed E-state index contributed by atoms with van der Waals surface area (Å²) in [7, 11) is 0. The number of ketones is 1. The van der Waals surface area contributed by atoms with Gasteiger partial charge in [-0.2, -0.15) is 0 Å². The number of carbonyl (C=O) groups excluding carboxylic acids is 1. The van der Waals surface area contributed by atoms with Gasteiger partial charge in [0.05, 0.1) is 0 Å². The summed E-state index contributed by atoms with van der Waals surface area (Å²) >= 11 is 0. The molecule has 0 unspecified atom stereocenters. The van der Waals surface area contributed by atoms with Crippen molar-refractivity contribution in [3.63, 3.8) is 0 Å². The van der Waals surface area contributed by atoms with Crippen molar-refractivity contribution in [1.29, 1.82) is 0 Å². The molecule has 76 valence electrons. The second-order valence-electron chi connectivity index (χ2n) is 3.71. The first kappa shape index (κ1) is 11.0. The third-order valence-corrected chi connectivity index (χ3v) is 2.43. The molecule has 0 aliphatic rings. The molecular weight excluding hydrogens is 172 g/mol. The van der Waals surface area contributed by atoms with E-state index in [-0.39, 0.29) is 5.78 Å². The number of carbonyl (C=O) groups is 1. The minimum atomic E-state index is 0.144. The van der Waals surface area contributed by atoms with Crippen LogP contribution in [-0.2, 0) is 6.42 Å². The third kappa shape index (κ3) is 3.33. The van der Waals surface area contributed by atoms with Gasteiger partial charge in [0.15, 0.2) is 5.78 Å². The van der Waals surface area contributed by atoms with Crippen molar-refractivity contribution >= 4 is 5.78 Å². The van der Waals surface area contributed by atoms with Crippen LogP contribution in [0.25, 0.3) is 0 Å². The maximum atomic E-state index is 11.0. The largest absolute Gasteiger partial charge is 0.295 e. The van der Waals surface area contributed by atoms with Crippen LogP contribution in [0.15, 0.2) is 24.3 Å². The zero-order valence-electron chi connectivity index (χ0n) is 9.05. The fraction of sp³-hybridized carbons (Fsp3) is 0.462. The monoisotopic (exact) mass is 190 g/mol. The molecule has 0 aliphatic heterocycles.